The van der Waals surface area contributed by atoms with Crippen LogP contribution >= 0.6 is 0 Å². The first-order chi connectivity index (χ1) is 9.36. The van der Waals surface area contributed by atoms with E-state index in [4.69, 9.17) is 5.11 Å². The molecule has 0 saturated heterocycles. The second kappa shape index (κ2) is 6.70. The summed E-state index contributed by atoms with van der Waals surface area (Å²) >= 11 is 0. The second-order valence-corrected chi connectivity index (χ2v) is 4.43. The van der Waals surface area contributed by atoms with Crippen LogP contribution in [-0.4, -0.2) is 47.4 Å². The van der Waals surface area contributed by atoms with E-state index in [0.717, 1.165) is 0 Å². The molecule has 0 heterocycles. The zero-order valence-electron chi connectivity index (χ0n) is 11.7. The minimum absolute atomic E-state index is 0.187. The lowest BCUT2D eigenvalue weighted by Gasteiger charge is -2.15. The number of benzene rings is 1. The van der Waals surface area contributed by atoms with Gasteiger partial charge in [0.15, 0.2) is 0 Å². The van der Waals surface area contributed by atoms with Crippen molar-refractivity contribution in [3.05, 3.63) is 35.4 Å². The predicted octanol–water partition coefficient (Wildman–Crippen LogP) is 0.981. The van der Waals surface area contributed by atoms with Crippen molar-refractivity contribution in [1.29, 1.82) is 0 Å². The molecule has 0 aromatic heterocycles. The van der Waals surface area contributed by atoms with Gasteiger partial charge >= 0.3 is 5.97 Å². The van der Waals surface area contributed by atoms with E-state index >= 15 is 0 Å². The predicted molar refractivity (Wildman–Crippen MR) is 73.6 cm³/mol. The highest BCUT2D eigenvalue weighted by Crippen LogP contribution is 2.08. The maximum atomic E-state index is 12.0. The summed E-state index contributed by atoms with van der Waals surface area (Å²) in [7, 11) is 1.67. The largest absolute Gasteiger partial charge is 0.480 e. The Balaban J connectivity index is 2.90. The first kappa shape index (κ1) is 15.7. The lowest BCUT2D eigenvalue weighted by molar-refractivity contribution is -0.138. The van der Waals surface area contributed by atoms with E-state index < -0.39 is 17.9 Å². The SMILES string of the molecule is CCN(C)C(=O)c1cccc(C(=O)N[C@H](C)C(=O)O)c1. The number of rotatable bonds is 5. The fourth-order valence-corrected chi connectivity index (χ4v) is 1.50. The molecule has 0 aliphatic heterocycles. The Morgan fingerprint density at radius 1 is 1.30 bits per heavy atom. The van der Waals surface area contributed by atoms with Crippen molar-refractivity contribution < 1.29 is 19.5 Å². The highest BCUT2D eigenvalue weighted by Gasteiger charge is 2.17. The van der Waals surface area contributed by atoms with E-state index in [0.29, 0.717) is 12.1 Å². The Labute approximate surface area is 117 Å². The Morgan fingerprint density at radius 3 is 2.45 bits per heavy atom. The number of aliphatic carboxylic acids is 1. The van der Waals surface area contributed by atoms with Gasteiger partial charge in [-0.05, 0) is 32.0 Å². The minimum Gasteiger partial charge on any atom is -0.480 e. The van der Waals surface area contributed by atoms with Gasteiger partial charge in [-0.25, -0.2) is 0 Å². The van der Waals surface area contributed by atoms with Crippen LogP contribution in [0, 0.1) is 0 Å². The zero-order valence-corrected chi connectivity index (χ0v) is 11.7. The summed E-state index contributed by atoms with van der Waals surface area (Å²) in [6, 6.07) is 5.22. The van der Waals surface area contributed by atoms with E-state index in [9.17, 15) is 14.4 Å². The molecule has 6 nitrogen and oxygen atoms in total. The minimum atomic E-state index is -1.11. The maximum absolute atomic E-state index is 12.0. The van der Waals surface area contributed by atoms with Crippen LogP contribution in [0.1, 0.15) is 34.6 Å². The molecular formula is C14H18N2O4. The molecule has 0 spiro atoms. The van der Waals surface area contributed by atoms with Gasteiger partial charge in [0, 0.05) is 24.7 Å². The second-order valence-electron chi connectivity index (χ2n) is 4.43. The van der Waals surface area contributed by atoms with Gasteiger partial charge in [0.1, 0.15) is 6.04 Å². The number of hydrogen-bond donors (Lipinski definition) is 2. The first-order valence-corrected chi connectivity index (χ1v) is 6.26. The number of nitrogens with zero attached hydrogens (tertiary/aromatic N) is 1. The molecule has 0 radical (unpaired) electrons. The maximum Gasteiger partial charge on any atom is 0.325 e. The van der Waals surface area contributed by atoms with Crippen LogP contribution in [0.4, 0.5) is 0 Å². The van der Waals surface area contributed by atoms with Crippen LogP contribution < -0.4 is 5.32 Å². The molecule has 0 saturated carbocycles. The molecule has 0 unspecified atom stereocenters. The third-order valence-electron chi connectivity index (χ3n) is 2.91. The average Bonchev–Trinajstić information content (AvgIpc) is 2.45. The van der Waals surface area contributed by atoms with E-state index in [2.05, 4.69) is 5.32 Å². The van der Waals surface area contributed by atoms with Crippen LogP contribution in [0.5, 0.6) is 0 Å². The van der Waals surface area contributed by atoms with Crippen LogP contribution in [-0.2, 0) is 4.79 Å². The van der Waals surface area contributed by atoms with Crippen molar-refractivity contribution in [1.82, 2.24) is 10.2 Å². The van der Waals surface area contributed by atoms with Crippen molar-refractivity contribution in [2.45, 2.75) is 19.9 Å². The topological polar surface area (TPSA) is 86.7 Å². The molecule has 0 aliphatic carbocycles. The smallest absolute Gasteiger partial charge is 0.325 e. The lowest BCUT2D eigenvalue weighted by atomic mass is 10.1. The van der Waals surface area contributed by atoms with Crippen molar-refractivity contribution in [2.24, 2.45) is 0 Å². The molecular weight excluding hydrogens is 260 g/mol. The molecule has 0 bridgehead atoms. The van der Waals surface area contributed by atoms with E-state index in [1.165, 1.54) is 24.0 Å². The van der Waals surface area contributed by atoms with Gasteiger partial charge in [0.25, 0.3) is 11.8 Å². The molecule has 6 heteroatoms. The van der Waals surface area contributed by atoms with Crippen LogP contribution in [0.2, 0.25) is 0 Å². The monoisotopic (exact) mass is 278 g/mol. The highest BCUT2D eigenvalue weighted by molar-refractivity contribution is 6.00. The van der Waals surface area contributed by atoms with Gasteiger partial charge in [-0.2, -0.15) is 0 Å². The molecule has 20 heavy (non-hydrogen) atoms. The summed E-state index contributed by atoms with van der Waals surface area (Å²) in [5, 5.41) is 11.1. The Kier molecular flexibility index (Phi) is 5.25. The number of nitrogens with one attached hydrogen (secondary N) is 1. The average molecular weight is 278 g/mol. The normalized spacial score (nSPS) is 11.6. The van der Waals surface area contributed by atoms with Crippen molar-refractivity contribution in [3.8, 4) is 0 Å². The molecule has 108 valence electrons. The number of hydrogen-bond acceptors (Lipinski definition) is 3. The summed E-state index contributed by atoms with van der Waals surface area (Å²) in [5.41, 5.74) is 0.651. The summed E-state index contributed by atoms with van der Waals surface area (Å²) in [5.74, 6) is -1.82. The molecule has 1 aromatic carbocycles. The van der Waals surface area contributed by atoms with Crippen molar-refractivity contribution in [3.63, 3.8) is 0 Å². The van der Waals surface area contributed by atoms with Gasteiger partial charge in [-0.1, -0.05) is 6.07 Å². The molecule has 1 aromatic rings. The summed E-state index contributed by atoms with van der Waals surface area (Å²) in [4.78, 5) is 36.1. The molecule has 1 rings (SSSR count). The van der Waals surface area contributed by atoms with Crippen molar-refractivity contribution in [2.75, 3.05) is 13.6 Å². The van der Waals surface area contributed by atoms with E-state index in [1.807, 2.05) is 6.92 Å². The summed E-state index contributed by atoms with van der Waals surface area (Å²) in [6.45, 7) is 3.79. The number of carboxylic acid groups (broad SMARTS) is 1. The van der Waals surface area contributed by atoms with Gasteiger partial charge in [-0.3, -0.25) is 14.4 Å². The Bertz CT molecular complexity index is 528. The fraction of sp³-hybridized carbons (Fsp3) is 0.357. The summed E-state index contributed by atoms with van der Waals surface area (Å²) in [6.07, 6.45) is 0. The quantitative estimate of drug-likeness (QED) is 0.840. The highest BCUT2D eigenvalue weighted by atomic mass is 16.4. The molecule has 2 N–H and O–H groups in total. The number of amides is 2. The van der Waals surface area contributed by atoms with Gasteiger partial charge in [-0.15, -0.1) is 0 Å². The van der Waals surface area contributed by atoms with E-state index in [-0.39, 0.29) is 11.5 Å². The van der Waals surface area contributed by atoms with Gasteiger partial charge in [0.2, 0.25) is 0 Å². The van der Waals surface area contributed by atoms with Crippen LogP contribution in [0.25, 0.3) is 0 Å². The first-order valence-electron chi connectivity index (χ1n) is 6.26. The lowest BCUT2D eigenvalue weighted by Crippen LogP contribution is -2.38. The Morgan fingerprint density at radius 2 is 1.90 bits per heavy atom. The third kappa shape index (κ3) is 3.81. The third-order valence-corrected chi connectivity index (χ3v) is 2.91. The number of carbonyl (C=O) groups is 3. The Hall–Kier alpha value is -2.37. The number of carboxylic acids is 1. The standard InChI is InChI=1S/C14H18N2O4/c1-4-16(3)13(18)11-7-5-6-10(8-11)12(17)15-9(2)14(19)20/h5-9H,4H2,1-3H3,(H,15,17)(H,19,20)/t9-/m1/s1. The van der Waals surface area contributed by atoms with Crippen LogP contribution in [0.15, 0.2) is 24.3 Å². The van der Waals surface area contributed by atoms with E-state index in [1.54, 1.807) is 19.2 Å². The zero-order chi connectivity index (χ0) is 15.3. The molecule has 0 aliphatic rings. The van der Waals surface area contributed by atoms with Crippen molar-refractivity contribution >= 4 is 17.8 Å². The molecule has 0 fully saturated rings. The van der Waals surface area contributed by atoms with Gasteiger partial charge in [0.05, 0.1) is 0 Å². The van der Waals surface area contributed by atoms with Gasteiger partial charge < -0.3 is 15.3 Å². The summed E-state index contributed by atoms with van der Waals surface area (Å²) < 4.78 is 0. The molecule has 2 amide bonds. The fourth-order valence-electron chi connectivity index (χ4n) is 1.50. The van der Waals surface area contributed by atoms with Crippen LogP contribution in [0.3, 0.4) is 0 Å². The number of carbonyl (C=O) groups excluding carboxylic acids is 2. The molecule has 1 atom stereocenters.